The SMILES string of the molecule is CCOC(=O)c1c(NC(=O)C2CCN(C(=O)C3CC(=O)N(C(C)(C)C)C3)CC2)sc2c1CCCC2. The van der Waals surface area contributed by atoms with Crippen molar-refractivity contribution < 1.29 is 23.9 Å². The molecule has 192 valence electrons. The Morgan fingerprint density at radius 2 is 1.77 bits per heavy atom. The summed E-state index contributed by atoms with van der Waals surface area (Å²) in [5.74, 6) is -0.948. The number of nitrogens with one attached hydrogen (secondary N) is 1. The van der Waals surface area contributed by atoms with Gasteiger partial charge in [0, 0.05) is 42.4 Å². The highest BCUT2D eigenvalue weighted by Crippen LogP contribution is 2.39. The van der Waals surface area contributed by atoms with Crippen LogP contribution in [0.5, 0.6) is 0 Å². The van der Waals surface area contributed by atoms with Gasteiger partial charge in [-0.1, -0.05) is 0 Å². The topological polar surface area (TPSA) is 96.0 Å². The minimum absolute atomic E-state index is 0.0134. The minimum Gasteiger partial charge on any atom is -0.462 e. The molecule has 0 aromatic carbocycles. The molecule has 0 spiro atoms. The van der Waals surface area contributed by atoms with Gasteiger partial charge in [0.2, 0.25) is 17.7 Å². The number of nitrogens with zero attached hydrogens (tertiary/aromatic N) is 2. The first kappa shape index (κ1) is 25.7. The molecule has 1 atom stereocenters. The highest BCUT2D eigenvalue weighted by Gasteiger charge is 2.41. The van der Waals surface area contributed by atoms with Crippen molar-refractivity contribution in [2.45, 2.75) is 78.2 Å². The van der Waals surface area contributed by atoms with E-state index in [0.29, 0.717) is 49.6 Å². The normalized spacial score (nSPS) is 21.1. The van der Waals surface area contributed by atoms with Gasteiger partial charge in [-0.15, -0.1) is 11.3 Å². The van der Waals surface area contributed by atoms with Crippen molar-refractivity contribution >= 4 is 40.0 Å². The standard InChI is InChI=1S/C26H37N3O5S/c1-5-34-25(33)21-18-8-6-7-9-19(18)35-23(21)27-22(31)16-10-12-28(13-11-16)24(32)17-14-20(30)29(15-17)26(2,3)4/h16-17H,5-15H2,1-4H3,(H,27,31). The van der Waals surface area contributed by atoms with Crippen LogP contribution in [0.4, 0.5) is 5.00 Å². The van der Waals surface area contributed by atoms with Gasteiger partial charge in [-0.3, -0.25) is 14.4 Å². The van der Waals surface area contributed by atoms with Crippen molar-refractivity contribution in [1.29, 1.82) is 0 Å². The number of thiophene rings is 1. The summed E-state index contributed by atoms with van der Waals surface area (Å²) in [6.45, 7) is 9.50. The predicted octanol–water partition coefficient (Wildman–Crippen LogP) is 3.63. The Balaban J connectivity index is 1.36. The fourth-order valence-corrected chi connectivity index (χ4v) is 6.71. The third kappa shape index (κ3) is 5.39. The van der Waals surface area contributed by atoms with Crippen LogP contribution in [0, 0.1) is 11.8 Å². The summed E-state index contributed by atoms with van der Waals surface area (Å²) in [6.07, 6.45) is 5.30. The second-order valence-electron chi connectivity index (χ2n) is 10.8. The molecule has 3 heterocycles. The molecule has 4 rings (SSSR count). The summed E-state index contributed by atoms with van der Waals surface area (Å²) in [6, 6.07) is 0. The Morgan fingerprint density at radius 1 is 1.09 bits per heavy atom. The lowest BCUT2D eigenvalue weighted by molar-refractivity contribution is -0.138. The maximum Gasteiger partial charge on any atom is 0.341 e. The molecule has 2 fully saturated rings. The van der Waals surface area contributed by atoms with E-state index < -0.39 is 0 Å². The van der Waals surface area contributed by atoms with Gasteiger partial charge in [0.25, 0.3) is 0 Å². The lowest BCUT2D eigenvalue weighted by Crippen LogP contribution is -2.46. The fraction of sp³-hybridized carbons (Fsp3) is 0.692. The fourth-order valence-electron chi connectivity index (χ4n) is 5.43. The largest absolute Gasteiger partial charge is 0.462 e. The van der Waals surface area contributed by atoms with E-state index in [9.17, 15) is 19.2 Å². The van der Waals surface area contributed by atoms with E-state index >= 15 is 0 Å². The van der Waals surface area contributed by atoms with Gasteiger partial charge in [-0.2, -0.15) is 0 Å². The first-order valence-electron chi connectivity index (χ1n) is 12.8. The number of carbonyl (C=O) groups excluding carboxylic acids is 4. The molecule has 2 saturated heterocycles. The molecule has 0 bridgehead atoms. The molecule has 1 N–H and O–H groups in total. The van der Waals surface area contributed by atoms with Crippen molar-refractivity contribution in [1.82, 2.24) is 9.80 Å². The molecule has 8 nitrogen and oxygen atoms in total. The molecule has 1 aromatic rings. The summed E-state index contributed by atoms with van der Waals surface area (Å²) in [7, 11) is 0. The van der Waals surface area contributed by atoms with Crippen LogP contribution >= 0.6 is 11.3 Å². The van der Waals surface area contributed by atoms with Crippen LogP contribution in [-0.4, -0.2) is 65.3 Å². The van der Waals surface area contributed by atoms with Gasteiger partial charge < -0.3 is 19.9 Å². The second-order valence-corrected chi connectivity index (χ2v) is 11.9. The van der Waals surface area contributed by atoms with Crippen molar-refractivity contribution in [3.63, 3.8) is 0 Å². The summed E-state index contributed by atoms with van der Waals surface area (Å²) < 4.78 is 5.29. The monoisotopic (exact) mass is 503 g/mol. The van der Waals surface area contributed by atoms with Gasteiger partial charge in [-0.05, 0) is 71.8 Å². The second kappa shape index (κ2) is 10.3. The molecule has 3 amide bonds. The van der Waals surface area contributed by atoms with Gasteiger partial charge in [0.15, 0.2) is 0 Å². The van der Waals surface area contributed by atoms with E-state index in [1.807, 2.05) is 25.7 Å². The average Bonchev–Trinajstić information content (AvgIpc) is 3.39. The maximum atomic E-state index is 13.1. The molecule has 35 heavy (non-hydrogen) atoms. The van der Waals surface area contributed by atoms with Gasteiger partial charge in [0.05, 0.1) is 18.1 Å². The molecule has 0 radical (unpaired) electrons. The molecular weight excluding hydrogens is 466 g/mol. The molecule has 0 saturated carbocycles. The Morgan fingerprint density at radius 3 is 2.40 bits per heavy atom. The Hall–Kier alpha value is -2.42. The number of anilines is 1. The number of carbonyl (C=O) groups is 4. The van der Waals surface area contributed by atoms with E-state index in [2.05, 4.69) is 5.32 Å². The molecule has 9 heteroatoms. The van der Waals surface area contributed by atoms with Crippen molar-refractivity contribution in [3.05, 3.63) is 16.0 Å². The van der Waals surface area contributed by atoms with Crippen LogP contribution in [0.15, 0.2) is 0 Å². The van der Waals surface area contributed by atoms with E-state index in [1.165, 1.54) is 16.2 Å². The Kier molecular flexibility index (Phi) is 7.54. The zero-order valence-electron chi connectivity index (χ0n) is 21.3. The number of amides is 3. The van der Waals surface area contributed by atoms with Crippen LogP contribution in [0.25, 0.3) is 0 Å². The van der Waals surface area contributed by atoms with Crippen molar-refractivity contribution in [2.75, 3.05) is 31.6 Å². The highest BCUT2D eigenvalue weighted by molar-refractivity contribution is 7.17. The smallest absolute Gasteiger partial charge is 0.341 e. The number of ether oxygens (including phenoxy) is 1. The minimum atomic E-state index is -0.363. The molecule has 3 aliphatic rings. The number of rotatable bonds is 5. The predicted molar refractivity (Wildman–Crippen MR) is 134 cm³/mol. The van der Waals surface area contributed by atoms with Crippen LogP contribution in [0.3, 0.4) is 0 Å². The molecular formula is C26H37N3O5S. The quantitative estimate of drug-likeness (QED) is 0.619. The summed E-state index contributed by atoms with van der Waals surface area (Å²) >= 11 is 1.50. The molecule has 1 unspecified atom stereocenters. The number of fused-ring (bicyclic) bond motifs is 1. The maximum absolute atomic E-state index is 13.1. The van der Waals surface area contributed by atoms with E-state index in [0.717, 1.165) is 31.2 Å². The average molecular weight is 504 g/mol. The molecule has 1 aliphatic carbocycles. The Bertz CT molecular complexity index is 1000. The van der Waals surface area contributed by atoms with E-state index in [4.69, 9.17) is 4.74 Å². The third-order valence-corrected chi connectivity index (χ3v) is 8.56. The summed E-state index contributed by atoms with van der Waals surface area (Å²) in [5, 5.41) is 3.63. The summed E-state index contributed by atoms with van der Waals surface area (Å²) in [5.41, 5.74) is 1.27. The number of piperidine rings is 1. The molecule has 1 aromatic heterocycles. The van der Waals surface area contributed by atoms with Crippen LogP contribution in [0.2, 0.25) is 0 Å². The first-order chi connectivity index (χ1) is 16.6. The van der Waals surface area contributed by atoms with E-state index in [-0.39, 0.29) is 47.5 Å². The lowest BCUT2D eigenvalue weighted by Gasteiger charge is -2.34. The van der Waals surface area contributed by atoms with Crippen molar-refractivity contribution in [2.24, 2.45) is 11.8 Å². The van der Waals surface area contributed by atoms with Gasteiger partial charge in [0.1, 0.15) is 5.00 Å². The van der Waals surface area contributed by atoms with Gasteiger partial charge in [-0.25, -0.2) is 4.79 Å². The van der Waals surface area contributed by atoms with Crippen LogP contribution in [0.1, 0.15) is 80.6 Å². The van der Waals surface area contributed by atoms with E-state index in [1.54, 1.807) is 11.8 Å². The highest BCUT2D eigenvalue weighted by atomic mass is 32.1. The Labute approximate surface area is 211 Å². The number of likely N-dealkylation sites (tertiary alicyclic amines) is 2. The van der Waals surface area contributed by atoms with Crippen LogP contribution < -0.4 is 5.32 Å². The van der Waals surface area contributed by atoms with Crippen molar-refractivity contribution in [3.8, 4) is 0 Å². The third-order valence-electron chi connectivity index (χ3n) is 7.35. The number of esters is 1. The lowest BCUT2D eigenvalue weighted by atomic mass is 9.94. The number of hydrogen-bond acceptors (Lipinski definition) is 6. The number of aryl methyl sites for hydroxylation is 1. The first-order valence-corrected chi connectivity index (χ1v) is 13.6. The zero-order valence-corrected chi connectivity index (χ0v) is 22.1. The molecule has 2 aliphatic heterocycles. The number of hydrogen-bond donors (Lipinski definition) is 1. The van der Waals surface area contributed by atoms with Crippen LogP contribution in [-0.2, 0) is 32.0 Å². The summed E-state index contributed by atoms with van der Waals surface area (Å²) in [4.78, 5) is 56.0. The zero-order chi connectivity index (χ0) is 25.3. The van der Waals surface area contributed by atoms with Gasteiger partial charge >= 0.3 is 5.97 Å².